The van der Waals surface area contributed by atoms with Gasteiger partial charge in [-0.25, -0.2) is 4.79 Å². The van der Waals surface area contributed by atoms with E-state index in [1.807, 2.05) is 30.3 Å². The minimum absolute atomic E-state index is 0.443. The van der Waals surface area contributed by atoms with Gasteiger partial charge in [-0.3, -0.25) is 19.8 Å². The van der Waals surface area contributed by atoms with E-state index in [2.05, 4.69) is 10.6 Å². The van der Waals surface area contributed by atoms with Gasteiger partial charge in [-0.1, -0.05) is 18.2 Å². The number of amides is 3. The zero-order chi connectivity index (χ0) is 17.1. The number of carboxylic acid groups (broad SMARTS) is 1. The standard InChI is InChI=1S/C17H15N3O4/c21-15(22)10-14-16(23)19-17(24)20(14)13-8-6-12(7-9-13)18-11-4-2-1-3-5-11/h1-9,14,18H,10H2,(H,21,22)(H,19,23,24). The lowest BCUT2D eigenvalue weighted by atomic mass is 10.1. The number of benzene rings is 2. The largest absolute Gasteiger partial charge is 0.481 e. The second-order valence-electron chi connectivity index (χ2n) is 5.32. The molecule has 1 unspecified atom stereocenters. The van der Waals surface area contributed by atoms with E-state index in [4.69, 9.17) is 5.11 Å². The maximum absolute atomic E-state index is 11.9. The van der Waals surface area contributed by atoms with Crippen LogP contribution in [0.3, 0.4) is 0 Å². The van der Waals surface area contributed by atoms with Gasteiger partial charge in [0.25, 0.3) is 5.91 Å². The predicted molar refractivity (Wildman–Crippen MR) is 88.2 cm³/mol. The zero-order valence-corrected chi connectivity index (χ0v) is 12.6. The van der Waals surface area contributed by atoms with E-state index in [0.29, 0.717) is 5.69 Å². The first-order chi connectivity index (χ1) is 11.5. The van der Waals surface area contributed by atoms with Crippen molar-refractivity contribution in [1.82, 2.24) is 5.32 Å². The van der Waals surface area contributed by atoms with Gasteiger partial charge in [-0.2, -0.15) is 0 Å². The molecule has 1 aliphatic rings. The van der Waals surface area contributed by atoms with Crippen LogP contribution in [0.1, 0.15) is 6.42 Å². The second kappa shape index (κ2) is 6.41. The highest BCUT2D eigenvalue weighted by Gasteiger charge is 2.40. The zero-order valence-electron chi connectivity index (χ0n) is 12.6. The number of para-hydroxylation sites is 1. The lowest BCUT2D eigenvalue weighted by molar-refractivity contribution is -0.139. The van der Waals surface area contributed by atoms with Crippen LogP contribution in [0.2, 0.25) is 0 Å². The monoisotopic (exact) mass is 325 g/mol. The lowest BCUT2D eigenvalue weighted by Gasteiger charge is -2.20. The summed E-state index contributed by atoms with van der Waals surface area (Å²) in [7, 11) is 0. The average molecular weight is 325 g/mol. The van der Waals surface area contributed by atoms with Crippen molar-refractivity contribution >= 4 is 35.0 Å². The molecule has 3 rings (SSSR count). The molecule has 1 saturated heterocycles. The van der Waals surface area contributed by atoms with Crippen LogP contribution >= 0.6 is 0 Å². The van der Waals surface area contributed by atoms with E-state index >= 15 is 0 Å². The molecule has 3 N–H and O–H groups in total. The van der Waals surface area contributed by atoms with E-state index < -0.39 is 30.4 Å². The van der Waals surface area contributed by atoms with Crippen molar-refractivity contribution in [3.05, 3.63) is 54.6 Å². The Hall–Kier alpha value is -3.35. The summed E-state index contributed by atoms with van der Waals surface area (Å²) in [6.45, 7) is 0. The molecule has 1 heterocycles. The summed E-state index contributed by atoms with van der Waals surface area (Å²) in [4.78, 5) is 35.8. The molecule has 122 valence electrons. The molecule has 0 radical (unpaired) electrons. The molecule has 1 fully saturated rings. The molecule has 0 bridgehead atoms. The molecule has 0 spiro atoms. The quantitative estimate of drug-likeness (QED) is 0.733. The lowest BCUT2D eigenvalue weighted by Crippen LogP contribution is -2.36. The van der Waals surface area contributed by atoms with Gasteiger partial charge in [-0.05, 0) is 36.4 Å². The van der Waals surface area contributed by atoms with Crippen molar-refractivity contribution in [1.29, 1.82) is 0 Å². The normalized spacial score (nSPS) is 16.8. The SMILES string of the molecule is O=C(O)CC1C(=O)NC(=O)N1c1ccc(Nc2ccccc2)cc1. The van der Waals surface area contributed by atoms with Crippen LogP contribution in [0, 0.1) is 0 Å². The Morgan fingerprint density at radius 2 is 1.67 bits per heavy atom. The van der Waals surface area contributed by atoms with Crippen LogP contribution in [-0.4, -0.2) is 29.1 Å². The first-order valence-electron chi connectivity index (χ1n) is 7.32. The predicted octanol–water partition coefficient (Wildman–Crippen LogP) is 2.33. The van der Waals surface area contributed by atoms with Crippen molar-refractivity contribution < 1.29 is 19.5 Å². The number of hydrogen-bond acceptors (Lipinski definition) is 4. The Kier molecular flexibility index (Phi) is 4.15. The van der Waals surface area contributed by atoms with Crippen molar-refractivity contribution in [3.8, 4) is 0 Å². The molecule has 1 atom stereocenters. The highest BCUT2D eigenvalue weighted by molar-refractivity contribution is 6.15. The third-order valence-corrected chi connectivity index (χ3v) is 3.64. The number of nitrogens with zero attached hydrogens (tertiary/aromatic N) is 1. The van der Waals surface area contributed by atoms with Crippen molar-refractivity contribution in [2.45, 2.75) is 12.5 Å². The Labute approximate surface area is 137 Å². The highest BCUT2D eigenvalue weighted by Crippen LogP contribution is 2.26. The number of anilines is 3. The number of aliphatic carboxylic acids is 1. The molecule has 0 aromatic heterocycles. The Bertz CT molecular complexity index is 774. The average Bonchev–Trinajstić information content (AvgIpc) is 2.83. The summed E-state index contributed by atoms with van der Waals surface area (Å²) in [5.74, 6) is -1.74. The number of carbonyl (C=O) groups is 3. The van der Waals surface area contributed by atoms with Crippen LogP contribution in [0.25, 0.3) is 0 Å². The highest BCUT2D eigenvalue weighted by atomic mass is 16.4. The third kappa shape index (κ3) is 3.19. The number of rotatable bonds is 5. The van der Waals surface area contributed by atoms with Gasteiger partial charge in [0.2, 0.25) is 0 Å². The molecular weight excluding hydrogens is 310 g/mol. The van der Waals surface area contributed by atoms with Crippen LogP contribution < -0.4 is 15.5 Å². The van der Waals surface area contributed by atoms with Gasteiger partial charge >= 0.3 is 12.0 Å². The number of nitrogens with one attached hydrogen (secondary N) is 2. The van der Waals surface area contributed by atoms with Crippen molar-refractivity contribution in [2.75, 3.05) is 10.2 Å². The fourth-order valence-electron chi connectivity index (χ4n) is 2.55. The first kappa shape index (κ1) is 15.5. The minimum Gasteiger partial charge on any atom is -0.481 e. The summed E-state index contributed by atoms with van der Waals surface area (Å²) in [6, 6.07) is 14.8. The second-order valence-corrected chi connectivity index (χ2v) is 5.32. The van der Waals surface area contributed by atoms with Gasteiger partial charge in [0, 0.05) is 17.1 Å². The summed E-state index contributed by atoms with van der Waals surface area (Å²) in [6.07, 6.45) is -0.443. The third-order valence-electron chi connectivity index (χ3n) is 3.64. The Morgan fingerprint density at radius 3 is 2.29 bits per heavy atom. The van der Waals surface area contributed by atoms with Crippen LogP contribution in [0.5, 0.6) is 0 Å². The number of imide groups is 1. The van der Waals surface area contributed by atoms with E-state index in [1.165, 1.54) is 4.90 Å². The summed E-state index contributed by atoms with van der Waals surface area (Å²) in [5.41, 5.74) is 2.19. The fraction of sp³-hybridized carbons (Fsp3) is 0.118. The Morgan fingerprint density at radius 1 is 1.04 bits per heavy atom. The number of urea groups is 1. The van der Waals surface area contributed by atoms with Gasteiger partial charge < -0.3 is 10.4 Å². The molecule has 1 aliphatic heterocycles. The van der Waals surface area contributed by atoms with Gasteiger partial charge in [0.15, 0.2) is 0 Å². The molecular formula is C17H15N3O4. The molecule has 7 heteroatoms. The van der Waals surface area contributed by atoms with Crippen molar-refractivity contribution in [2.24, 2.45) is 0 Å². The smallest absolute Gasteiger partial charge is 0.329 e. The van der Waals surface area contributed by atoms with Crippen molar-refractivity contribution in [3.63, 3.8) is 0 Å². The Balaban J connectivity index is 1.80. The molecule has 2 aromatic rings. The maximum atomic E-state index is 11.9. The van der Waals surface area contributed by atoms with Gasteiger partial charge in [0.05, 0.1) is 6.42 Å². The molecule has 0 saturated carbocycles. The first-order valence-corrected chi connectivity index (χ1v) is 7.32. The fourth-order valence-corrected chi connectivity index (χ4v) is 2.55. The van der Waals surface area contributed by atoms with Crippen LogP contribution in [0.15, 0.2) is 54.6 Å². The molecule has 7 nitrogen and oxygen atoms in total. The van der Waals surface area contributed by atoms with E-state index in [0.717, 1.165) is 11.4 Å². The summed E-state index contributed by atoms with van der Waals surface area (Å²) < 4.78 is 0. The molecule has 0 aliphatic carbocycles. The topological polar surface area (TPSA) is 98.7 Å². The van der Waals surface area contributed by atoms with Gasteiger partial charge in [0.1, 0.15) is 6.04 Å². The molecule has 3 amide bonds. The number of carboxylic acids is 1. The summed E-state index contributed by atoms with van der Waals surface area (Å²) in [5, 5.41) is 14.3. The van der Waals surface area contributed by atoms with E-state index in [1.54, 1.807) is 24.3 Å². The van der Waals surface area contributed by atoms with Gasteiger partial charge in [-0.15, -0.1) is 0 Å². The van der Waals surface area contributed by atoms with Crippen LogP contribution in [0.4, 0.5) is 21.9 Å². The minimum atomic E-state index is -1.14. The van der Waals surface area contributed by atoms with E-state index in [-0.39, 0.29) is 0 Å². The van der Waals surface area contributed by atoms with Crippen LogP contribution in [-0.2, 0) is 9.59 Å². The maximum Gasteiger partial charge on any atom is 0.329 e. The van der Waals surface area contributed by atoms with E-state index in [9.17, 15) is 14.4 Å². The molecule has 24 heavy (non-hydrogen) atoms. The number of carbonyl (C=O) groups excluding carboxylic acids is 2. The number of hydrogen-bond donors (Lipinski definition) is 3. The molecule has 2 aromatic carbocycles. The summed E-state index contributed by atoms with van der Waals surface area (Å²) >= 11 is 0.